The highest BCUT2D eigenvalue weighted by atomic mass is 127. The average Bonchev–Trinajstić information content (AvgIpc) is 3.35. The third kappa shape index (κ3) is 7.31. The Hall–Kier alpha value is -1.58. The Bertz CT molecular complexity index is 758. The average molecular weight is 512 g/mol. The molecule has 1 atom stereocenters. The van der Waals surface area contributed by atoms with Crippen molar-refractivity contribution in [3.8, 4) is 0 Å². The van der Waals surface area contributed by atoms with Crippen LogP contribution in [0.2, 0.25) is 0 Å². The summed E-state index contributed by atoms with van der Waals surface area (Å²) < 4.78 is 11.3. The zero-order valence-electron chi connectivity index (χ0n) is 17.6. The second-order valence-corrected chi connectivity index (χ2v) is 7.70. The van der Waals surface area contributed by atoms with Gasteiger partial charge in [-0.2, -0.15) is 0 Å². The molecule has 2 N–H and O–H groups in total. The zero-order valence-corrected chi connectivity index (χ0v) is 19.9. The van der Waals surface area contributed by atoms with Crippen LogP contribution in [0, 0.1) is 0 Å². The molecule has 2 aromatic rings. The summed E-state index contributed by atoms with van der Waals surface area (Å²) in [5.41, 5.74) is 2.47. The van der Waals surface area contributed by atoms with Crippen LogP contribution in [-0.4, -0.2) is 43.7 Å². The van der Waals surface area contributed by atoms with E-state index in [4.69, 9.17) is 9.15 Å². The summed E-state index contributed by atoms with van der Waals surface area (Å²) in [6, 6.07) is 12.4. The van der Waals surface area contributed by atoms with Crippen molar-refractivity contribution in [3.05, 3.63) is 59.5 Å². The van der Waals surface area contributed by atoms with Gasteiger partial charge in [-0.05, 0) is 50.1 Å². The second-order valence-electron chi connectivity index (χ2n) is 7.70. The molecule has 1 aromatic heterocycles. The topological polar surface area (TPSA) is 62.0 Å². The van der Waals surface area contributed by atoms with Gasteiger partial charge in [0.05, 0.1) is 18.4 Å². The molecule has 6 nitrogen and oxygen atoms in total. The third-order valence-corrected chi connectivity index (χ3v) is 5.16. The zero-order chi connectivity index (χ0) is 19.8. The van der Waals surface area contributed by atoms with E-state index in [1.54, 1.807) is 13.3 Å². The molecule has 0 aliphatic carbocycles. The van der Waals surface area contributed by atoms with Gasteiger partial charge >= 0.3 is 0 Å². The number of guanidine groups is 1. The lowest BCUT2D eigenvalue weighted by molar-refractivity contribution is 0.0243. The van der Waals surface area contributed by atoms with Crippen molar-refractivity contribution in [1.29, 1.82) is 0 Å². The molecule has 0 radical (unpaired) electrons. The molecule has 7 heteroatoms. The molecule has 0 saturated carbocycles. The molecule has 1 saturated heterocycles. The fourth-order valence-corrected chi connectivity index (χ4v) is 3.55. The molecule has 0 bridgehead atoms. The number of ether oxygens (including phenoxy) is 1. The quantitative estimate of drug-likeness (QED) is 0.321. The Morgan fingerprint density at radius 1 is 1.14 bits per heavy atom. The highest BCUT2D eigenvalue weighted by Gasteiger charge is 2.29. The number of furan rings is 1. The maximum absolute atomic E-state index is 5.85. The van der Waals surface area contributed by atoms with E-state index in [2.05, 4.69) is 58.8 Å². The lowest BCUT2D eigenvalue weighted by atomic mass is 10.0. The van der Waals surface area contributed by atoms with Crippen LogP contribution in [0.15, 0.2) is 52.1 Å². The highest BCUT2D eigenvalue weighted by molar-refractivity contribution is 14.0. The van der Waals surface area contributed by atoms with E-state index in [0.717, 1.165) is 57.3 Å². The molecule has 2 heterocycles. The monoisotopic (exact) mass is 512 g/mol. The number of benzene rings is 1. The van der Waals surface area contributed by atoms with E-state index in [0.29, 0.717) is 0 Å². The summed E-state index contributed by atoms with van der Waals surface area (Å²) in [5.74, 6) is 1.78. The summed E-state index contributed by atoms with van der Waals surface area (Å²) in [7, 11) is 3.91. The Morgan fingerprint density at radius 3 is 2.59 bits per heavy atom. The lowest BCUT2D eigenvalue weighted by Crippen LogP contribution is -2.45. The molecular formula is C22H33IN4O2. The molecule has 3 rings (SSSR count). The van der Waals surface area contributed by atoms with E-state index < -0.39 is 0 Å². The van der Waals surface area contributed by atoms with Gasteiger partial charge in [0.2, 0.25) is 0 Å². The molecule has 29 heavy (non-hydrogen) atoms. The Kier molecular flexibility index (Phi) is 9.45. The number of halogens is 1. The molecule has 160 valence electrons. The summed E-state index contributed by atoms with van der Waals surface area (Å²) in [4.78, 5) is 6.60. The Balaban J connectivity index is 0.00000300. The summed E-state index contributed by atoms with van der Waals surface area (Å²) in [6.07, 6.45) is 3.93. The van der Waals surface area contributed by atoms with Gasteiger partial charge in [0, 0.05) is 33.3 Å². The fraction of sp³-hybridized carbons (Fsp3) is 0.500. The predicted octanol–water partition coefficient (Wildman–Crippen LogP) is 3.76. The Morgan fingerprint density at radius 2 is 1.93 bits per heavy atom. The summed E-state index contributed by atoms with van der Waals surface area (Å²) in [5, 5.41) is 6.84. The van der Waals surface area contributed by atoms with Gasteiger partial charge in [-0.15, -0.1) is 24.0 Å². The number of rotatable bonds is 8. The molecule has 1 unspecified atom stereocenters. The maximum atomic E-state index is 5.85. The highest BCUT2D eigenvalue weighted by Crippen LogP contribution is 2.23. The van der Waals surface area contributed by atoms with Crippen LogP contribution in [0.5, 0.6) is 0 Å². The van der Waals surface area contributed by atoms with Crippen LogP contribution in [0.4, 0.5) is 0 Å². The standard InChI is InChI=1S/C22H32N4O2.HI/c1-22(11-7-13-28-22)17-25-21(23-2)24-14-18-8-4-5-9-19(18)15-26(3)16-20-10-6-12-27-20;/h4-6,8-10,12H,7,11,13-17H2,1-3H3,(H2,23,24,25);1H. The largest absolute Gasteiger partial charge is 0.468 e. The van der Waals surface area contributed by atoms with E-state index in [-0.39, 0.29) is 29.6 Å². The first kappa shape index (κ1) is 23.7. The molecule has 1 aromatic carbocycles. The van der Waals surface area contributed by atoms with Crippen molar-refractivity contribution < 1.29 is 9.15 Å². The van der Waals surface area contributed by atoms with Gasteiger partial charge in [0.1, 0.15) is 5.76 Å². The minimum absolute atomic E-state index is 0. The number of nitrogens with zero attached hydrogens (tertiary/aromatic N) is 2. The van der Waals surface area contributed by atoms with Crippen molar-refractivity contribution in [2.75, 3.05) is 27.2 Å². The summed E-state index contributed by atoms with van der Waals surface area (Å²) >= 11 is 0. The smallest absolute Gasteiger partial charge is 0.191 e. The van der Waals surface area contributed by atoms with Gasteiger partial charge in [-0.25, -0.2) is 0 Å². The van der Waals surface area contributed by atoms with Crippen molar-refractivity contribution in [3.63, 3.8) is 0 Å². The van der Waals surface area contributed by atoms with Crippen molar-refractivity contribution in [2.24, 2.45) is 4.99 Å². The minimum atomic E-state index is -0.0932. The number of hydrogen-bond donors (Lipinski definition) is 2. The molecule has 1 fully saturated rings. The predicted molar refractivity (Wildman–Crippen MR) is 128 cm³/mol. The first-order chi connectivity index (χ1) is 13.6. The van der Waals surface area contributed by atoms with Crippen molar-refractivity contribution in [2.45, 2.75) is 45.0 Å². The first-order valence-electron chi connectivity index (χ1n) is 9.94. The van der Waals surface area contributed by atoms with E-state index in [1.165, 1.54) is 11.1 Å². The van der Waals surface area contributed by atoms with E-state index in [1.807, 2.05) is 12.1 Å². The number of nitrogens with one attached hydrogen (secondary N) is 2. The molecule has 0 amide bonds. The molecule has 0 spiro atoms. The Labute approximate surface area is 191 Å². The van der Waals surface area contributed by atoms with Gasteiger partial charge in [-0.1, -0.05) is 24.3 Å². The third-order valence-electron chi connectivity index (χ3n) is 5.16. The van der Waals surface area contributed by atoms with Gasteiger partial charge in [0.25, 0.3) is 0 Å². The van der Waals surface area contributed by atoms with Gasteiger partial charge in [0.15, 0.2) is 5.96 Å². The first-order valence-corrected chi connectivity index (χ1v) is 9.94. The number of aliphatic imine (C=N–C) groups is 1. The molecule has 1 aliphatic rings. The van der Waals surface area contributed by atoms with Crippen LogP contribution in [0.25, 0.3) is 0 Å². The molecular weight excluding hydrogens is 479 g/mol. The van der Waals surface area contributed by atoms with Crippen LogP contribution in [-0.2, 0) is 24.4 Å². The van der Waals surface area contributed by atoms with Crippen LogP contribution >= 0.6 is 24.0 Å². The lowest BCUT2D eigenvalue weighted by Gasteiger charge is -2.25. The maximum Gasteiger partial charge on any atom is 0.191 e. The van der Waals surface area contributed by atoms with Gasteiger partial charge in [-0.3, -0.25) is 9.89 Å². The van der Waals surface area contributed by atoms with Gasteiger partial charge < -0.3 is 19.8 Å². The fourth-order valence-electron chi connectivity index (χ4n) is 3.55. The number of hydrogen-bond acceptors (Lipinski definition) is 4. The van der Waals surface area contributed by atoms with E-state index in [9.17, 15) is 0 Å². The van der Waals surface area contributed by atoms with Crippen LogP contribution < -0.4 is 10.6 Å². The second kappa shape index (κ2) is 11.6. The van der Waals surface area contributed by atoms with E-state index >= 15 is 0 Å². The SMILES string of the molecule is CN=C(NCc1ccccc1CN(C)Cc1ccco1)NCC1(C)CCCO1.I. The minimum Gasteiger partial charge on any atom is -0.468 e. The van der Waals surface area contributed by atoms with Crippen molar-refractivity contribution in [1.82, 2.24) is 15.5 Å². The van der Waals surface area contributed by atoms with Crippen LogP contribution in [0.3, 0.4) is 0 Å². The summed E-state index contributed by atoms with van der Waals surface area (Å²) in [6.45, 7) is 6.14. The van der Waals surface area contributed by atoms with Crippen molar-refractivity contribution >= 4 is 29.9 Å². The van der Waals surface area contributed by atoms with Crippen LogP contribution in [0.1, 0.15) is 36.7 Å². The normalized spacial score (nSPS) is 19.2. The molecule has 1 aliphatic heterocycles.